The molecule has 2 atom stereocenters. The van der Waals surface area contributed by atoms with Gasteiger partial charge in [0.15, 0.2) is 0 Å². The first kappa shape index (κ1) is 13.2. The highest BCUT2D eigenvalue weighted by Gasteiger charge is 2.26. The van der Waals surface area contributed by atoms with Crippen molar-refractivity contribution in [3.63, 3.8) is 0 Å². The van der Waals surface area contributed by atoms with Crippen molar-refractivity contribution >= 4 is 17.5 Å². The molecule has 0 aromatic heterocycles. The lowest BCUT2D eigenvalue weighted by molar-refractivity contribution is -0.126. The molecule has 0 saturated heterocycles. The first-order valence-corrected chi connectivity index (χ1v) is 7.50. The van der Waals surface area contributed by atoms with Crippen LogP contribution in [0.25, 0.3) is 0 Å². The molecule has 0 bridgehead atoms. The van der Waals surface area contributed by atoms with Crippen molar-refractivity contribution in [2.24, 2.45) is 17.8 Å². The minimum Gasteiger partial charge on any atom is -0.356 e. The predicted octanol–water partition coefficient (Wildman–Crippen LogP) is 3.34. The highest BCUT2D eigenvalue weighted by atomic mass is 35.5. The van der Waals surface area contributed by atoms with Crippen molar-refractivity contribution in [3.05, 3.63) is 0 Å². The lowest BCUT2D eigenvalue weighted by Crippen LogP contribution is -2.35. The summed E-state index contributed by atoms with van der Waals surface area (Å²) in [7, 11) is 0. The Morgan fingerprint density at radius 3 is 2.47 bits per heavy atom. The second kappa shape index (κ2) is 6.08. The van der Waals surface area contributed by atoms with Crippen molar-refractivity contribution in [3.8, 4) is 0 Å². The van der Waals surface area contributed by atoms with Crippen molar-refractivity contribution in [2.45, 2.75) is 57.2 Å². The normalized spacial score (nSPS) is 38.0. The molecule has 2 unspecified atom stereocenters. The smallest absolute Gasteiger partial charge is 0.223 e. The molecule has 2 aliphatic carbocycles. The minimum atomic E-state index is 0.277. The van der Waals surface area contributed by atoms with Crippen molar-refractivity contribution in [1.82, 2.24) is 5.32 Å². The third kappa shape index (κ3) is 3.87. The van der Waals surface area contributed by atoms with Crippen molar-refractivity contribution < 1.29 is 4.79 Å². The molecule has 17 heavy (non-hydrogen) atoms. The van der Waals surface area contributed by atoms with E-state index in [1.807, 2.05) is 0 Å². The quantitative estimate of drug-likeness (QED) is 0.772. The molecule has 1 N–H and O–H groups in total. The Hall–Kier alpha value is -0.240. The van der Waals surface area contributed by atoms with E-state index in [2.05, 4.69) is 12.2 Å². The number of amides is 1. The Kier molecular flexibility index (Phi) is 4.72. The van der Waals surface area contributed by atoms with E-state index >= 15 is 0 Å². The van der Waals surface area contributed by atoms with E-state index in [0.29, 0.717) is 11.3 Å². The molecule has 0 aliphatic heterocycles. The summed E-state index contributed by atoms with van der Waals surface area (Å²) in [4.78, 5) is 12.0. The van der Waals surface area contributed by atoms with Gasteiger partial charge in [0.1, 0.15) is 0 Å². The van der Waals surface area contributed by atoms with Crippen LogP contribution in [0.2, 0.25) is 0 Å². The number of hydrogen-bond acceptors (Lipinski definition) is 1. The number of alkyl halides is 1. The standard InChI is InChI=1S/C14H24ClNO/c1-10-2-5-12(6-3-10)14(17)16-9-11-4-7-13(15)8-11/h10-13H,2-9H2,1H3,(H,16,17). The summed E-state index contributed by atoms with van der Waals surface area (Å²) in [6, 6.07) is 0. The molecule has 2 rings (SSSR count). The van der Waals surface area contributed by atoms with Crippen molar-refractivity contribution in [2.75, 3.05) is 6.54 Å². The SMILES string of the molecule is CC1CCC(C(=O)NCC2CCC(Cl)C2)CC1. The van der Waals surface area contributed by atoms with Gasteiger partial charge in [-0.15, -0.1) is 11.6 Å². The molecule has 0 radical (unpaired) electrons. The molecule has 2 nitrogen and oxygen atoms in total. The summed E-state index contributed by atoms with van der Waals surface area (Å²) in [6.07, 6.45) is 7.95. The largest absolute Gasteiger partial charge is 0.356 e. The fourth-order valence-corrected chi connectivity index (χ4v) is 3.49. The number of carbonyl (C=O) groups excluding carboxylic acids is 1. The molecule has 98 valence electrons. The average Bonchev–Trinajstić information content (AvgIpc) is 2.73. The Balaban J connectivity index is 1.67. The van der Waals surface area contributed by atoms with Gasteiger partial charge in [0.25, 0.3) is 0 Å². The van der Waals surface area contributed by atoms with Crippen LogP contribution in [0.3, 0.4) is 0 Å². The van der Waals surface area contributed by atoms with E-state index in [4.69, 9.17) is 11.6 Å². The minimum absolute atomic E-state index is 0.277. The van der Waals surface area contributed by atoms with Crippen LogP contribution in [0, 0.1) is 17.8 Å². The van der Waals surface area contributed by atoms with Crippen LogP contribution in [0.15, 0.2) is 0 Å². The molecular weight excluding hydrogens is 234 g/mol. The zero-order valence-electron chi connectivity index (χ0n) is 10.8. The fourth-order valence-electron chi connectivity index (χ4n) is 3.11. The molecule has 1 amide bonds. The Morgan fingerprint density at radius 1 is 1.18 bits per heavy atom. The number of carbonyl (C=O) groups is 1. The second-order valence-electron chi connectivity index (χ2n) is 5.98. The average molecular weight is 258 g/mol. The highest BCUT2D eigenvalue weighted by molar-refractivity contribution is 6.20. The summed E-state index contributed by atoms with van der Waals surface area (Å²) in [5.41, 5.74) is 0. The summed E-state index contributed by atoms with van der Waals surface area (Å²) in [5, 5.41) is 3.47. The third-order valence-electron chi connectivity index (χ3n) is 4.43. The summed E-state index contributed by atoms with van der Waals surface area (Å²) in [6.45, 7) is 3.13. The number of hydrogen-bond donors (Lipinski definition) is 1. The van der Waals surface area contributed by atoms with Crippen LogP contribution in [0.1, 0.15) is 51.9 Å². The Labute approximate surface area is 109 Å². The predicted molar refractivity (Wildman–Crippen MR) is 71.1 cm³/mol. The molecule has 0 aromatic carbocycles. The molecule has 3 heteroatoms. The van der Waals surface area contributed by atoms with Gasteiger partial charge in [0.05, 0.1) is 0 Å². The van der Waals surface area contributed by atoms with E-state index in [9.17, 15) is 4.79 Å². The van der Waals surface area contributed by atoms with Gasteiger partial charge in [-0.05, 0) is 56.8 Å². The van der Waals surface area contributed by atoms with E-state index in [0.717, 1.165) is 38.1 Å². The van der Waals surface area contributed by atoms with Crippen LogP contribution in [0.4, 0.5) is 0 Å². The van der Waals surface area contributed by atoms with Gasteiger partial charge < -0.3 is 5.32 Å². The number of halogens is 1. The topological polar surface area (TPSA) is 29.1 Å². The maximum absolute atomic E-state index is 12.0. The lowest BCUT2D eigenvalue weighted by Gasteiger charge is -2.25. The Morgan fingerprint density at radius 2 is 1.88 bits per heavy atom. The second-order valence-corrected chi connectivity index (χ2v) is 6.60. The first-order chi connectivity index (χ1) is 8.15. The Bertz CT molecular complexity index is 261. The number of rotatable bonds is 3. The summed E-state index contributed by atoms with van der Waals surface area (Å²) in [5.74, 6) is 1.99. The zero-order valence-corrected chi connectivity index (χ0v) is 11.5. The maximum Gasteiger partial charge on any atom is 0.223 e. The summed E-state index contributed by atoms with van der Waals surface area (Å²) >= 11 is 6.07. The van der Waals surface area contributed by atoms with Crippen LogP contribution in [-0.2, 0) is 4.79 Å². The van der Waals surface area contributed by atoms with E-state index in [1.165, 1.54) is 19.3 Å². The third-order valence-corrected chi connectivity index (χ3v) is 4.83. The van der Waals surface area contributed by atoms with Gasteiger partial charge in [-0.2, -0.15) is 0 Å². The molecule has 2 aliphatic rings. The lowest BCUT2D eigenvalue weighted by atomic mass is 9.82. The van der Waals surface area contributed by atoms with E-state index < -0.39 is 0 Å². The van der Waals surface area contributed by atoms with E-state index in [1.54, 1.807) is 0 Å². The van der Waals surface area contributed by atoms with Gasteiger partial charge >= 0.3 is 0 Å². The molecule has 0 heterocycles. The fraction of sp³-hybridized carbons (Fsp3) is 0.929. The van der Waals surface area contributed by atoms with Gasteiger partial charge in [-0.1, -0.05) is 6.92 Å². The van der Waals surface area contributed by atoms with Gasteiger partial charge in [-0.3, -0.25) is 4.79 Å². The monoisotopic (exact) mass is 257 g/mol. The van der Waals surface area contributed by atoms with Crippen LogP contribution in [-0.4, -0.2) is 17.8 Å². The molecule has 2 fully saturated rings. The van der Waals surface area contributed by atoms with Gasteiger partial charge in [0.2, 0.25) is 5.91 Å². The molecule has 0 spiro atoms. The van der Waals surface area contributed by atoms with Gasteiger partial charge in [0, 0.05) is 17.8 Å². The highest BCUT2D eigenvalue weighted by Crippen LogP contribution is 2.30. The molecule has 0 aromatic rings. The molecule has 2 saturated carbocycles. The summed E-state index contributed by atoms with van der Waals surface area (Å²) < 4.78 is 0. The molecular formula is C14H24ClNO. The number of nitrogens with one attached hydrogen (secondary N) is 1. The maximum atomic E-state index is 12.0. The van der Waals surface area contributed by atoms with Crippen LogP contribution >= 0.6 is 11.6 Å². The van der Waals surface area contributed by atoms with Gasteiger partial charge in [-0.25, -0.2) is 0 Å². The zero-order chi connectivity index (χ0) is 12.3. The van der Waals surface area contributed by atoms with E-state index in [-0.39, 0.29) is 11.8 Å². The first-order valence-electron chi connectivity index (χ1n) is 7.07. The van der Waals surface area contributed by atoms with Crippen LogP contribution < -0.4 is 5.32 Å². The van der Waals surface area contributed by atoms with Crippen molar-refractivity contribution in [1.29, 1.82) is 0 Å². The van der Waals surface area contributed by atoms with Crippen LogP contribution in [0.5, 0.6) is 0 Å².